The number of hydrogen-bond donors (Lipinski definition) is 2. The average molecular weight is 305 g/mol. The standard InChI is InChI=1S/C15H32N2O2S/c1-5-7-13-8-6-9-14(11-10-13)16-12-15(2,3)17-20(4,18)19/h13-14,16-17H,5-12H2,1-4H3. The van der Waals surface area contributed by atoms with Crippen LogP contribution in [0.3, 0.4) is 0 Å². The van der Waals surface area contributed by atoms with Crippen LogP contribution in [0.2, 0.25) is 0 Å². The number of sulfonamides is 1. The molecule has 1 aliphatic carbocycles. The molecule has 2 unspecified atom stereocenters. The van der Waals surface area contributed by atoms with Gasteiger partial charge in [-0.1, -0.05) is 32.6 Å². The molecule has 1 saturated carbocycles. The predicted octanol–water partition coefficient (Wildman–Crippen LogP) is 2.65. The van der Waals surface area contributed by atoms with Crippen LogP contribution in [-0.4, -0.2) is 32.8 Å². The SMILES string of the molecule is CCCC1CCCC(NCC(C)(C)NS(C)(=O)=O)CC1. The first kappa shape index (κ1) is 17.9. The highest BCUT2D eigenvalue weighted by atomic mass is 32.2. The fraction of sp³-hybridized carbons (Fsp3) is 1.00. The average Bonchev–Trinajstić information content (AvgIpc) is 2.49. The molecule has 0 radical (unpaired) electrons. The fourth-order valence-electron chi connectivity index (χ4n) is 3.22. The lowest BCUT2D eigenvalue weighted by atomic mass is 9.95. The van der Waals surface area contributed by atoms with Crippen LogP contribution in [0.5, 0.6) is 0 Å². The van der Waals surface area contributed by atoms with Crippen molar-refractivity contribution in [2.45, 2.75) is 77.3 Å². The van der Waals surface area contributed by atoms with Crippen LogP contribution in [0.25, 0.3) is 0 Å². The number of rotatable bonds is 7. The first-order valence-electron chi connectivity index (χ1n) is 7.94. The van der Waals surface area contributed by atoms with Gasteiger partial charge in [-0.05, 0) is 39.0 Å². The van der Waals surface area contributed by atoms with Crippen LogP contribution in [0.1, 0.15) is 65.7 Å². The van der Waals surface area contributed by atoms with Gasteiger partial charge < -0.3 is 5.32 Å². The van der Waals surface area contributed by atoms with E-state index in [1.807, 2.05) is 13.8 Å². The molecule has 1 fully saturated rings. The Hall–Kier alpha value is -0.130. The molecule has 2 N–H and O–H groups in total. The molecule has 0 aromatic rings. The maximum atomic E-state index is 11.3. The van der Waals surface area contributed by atoms with Gasteiger partial charge in [-0.3, -0.25) is 0 Å². The molecule has 0 saturated heterocycles. The van der Waals surface area contributed by atoms with Crippen LogP contribution >= 0.6 is 0 Å². The van der Waals surface area contributed by atoms with Crippen LogP contribution in [-0.2, 0) is 10.0 Å². The van der Waals surface area contributed by atoms with E-state index in [1.165, 1.54) is 51.2 Å². The third-order valence-electron chi connectivity index (χ3n) is 4.08. The highest BCUT2D eigenvalue weighted by Gasteiger charge is 2.24. The van der Waals surface area contributed by atoms with E-state index < -0.39 is 15.6 Å². The zero-order valence-electron chi connectivity index (χ0n) is 13.5. The fourth-order valence-corrected chi connectivity index (χ4v) is 4.29. The van der Waals surface area contributed by atoms with Crippen LogP contribution in [0, 0.1) is 5.92 Å². The van der Waals surface area contributed by atoms with Gasteiger partial charge in [0.05, 0.1) is 6.26 Å². The smallest absolute Gasteiger partial charge is 0.209 e. The summed E-state index contributed by atoms with van der Waals surface area (Å²) in [5.41, 5.74) is -0.428. The molecule has 20 heavy (non-hydrogen) atoms. The Morgan fingerprint density at radius 1 is 1.15 bits per heavy atom. The van der Waals surface area contributed by atoms with Crippen molar-refractivity contribution < 1.29 is 8.42 Å². The Labute approximate surface area is 125 Å². The Bertz CT molecular complexity index is 379. The van der Waals surface area contributed by atoms with Crippen molar-refractivity contribution in [2.24, 2.45) is 5.92 Å². The Kier molecular flexibility index (Phi) is 6.95. The summed E-state index contributed by atoms with van der Waals surface area (Å²) in [7, 11) is -3.15. The van der Waals surface area contributed by atoms with Crippen molar-refractivity contribution in [3.63, 3.8) is 0 Å². The Morgan fingerprint density at radius 3 is 2.45 bits per heavy atom. The van der Waals surface area contributed by atoms with Crippen molar-refractivity contribution >= 4 is 10.0 Å². The third kappa shape index (κ3) is 7.60. The second kappa shape index (κ2) is 7.76. The summed E-state index contributed by atoms with van der Waals surface area (Å²) in [6, 6.07) is 0.539. The zero-order chi connectivity index (χ0) is 15.2. The highest BCUT2D eigenvalue weighted by Crippen LogP contribution is 2.26. The summed E-state index contributed by atoms with van der Waals surface area (Å²) in [5.74, 6) is 0.897. The van der Waals surface area contributed by atoms with Crippen LogP contribution in [0.4, 0.5) is 0 Å². The molecule has 0 bridgehead atoms. The molecular weight excluding hydrogens is 272 g/mol. The van der Waals surface area contributed by atoms with Crippen molar-refractivity contribution in [1.82, 2.24) is 10.0 Å². The molecule has 1 aliphatic rings. The first-order chi connectivity index (χ1) is 9.22. The molecular formula is C15H32N2O2S. The largest absolute Gasteiger partial charge is 0.312 e. The molecule has 1 rings (SSSR count). The molecule has 4 nitrogen and oxygen atoms in total. The van der Waals surface area contributed by atoms with Crippen LogP contribution in [0.15, 0.2) is 0 Å². The lowest BCUT2D eigenvalue weighted by molar-refractivity contribution is 0.363. The molecule has 0 spiro atoms. The molecule has 0 aliphatic heterocycles. The Balaban J connectivity index is 2.38. The second-order valence-electron chi connectivity index (χ2n) is 7.00. The van der Waals surface area contributed by atoms with Crippen molar-refractivity contribution in [3.05, 3.63) is 0 Å². The lowest BCUT2D eigenvalue weighted by Crippen LogP contribution is -2.51. The second-order valence-corrected chi connectivity index (χ2v) is 8.75. The summed E-state index contributed by atoms with van der Waals surface area (Å²) in [6.07, 6.45) is 10.3. The minimum Gasteiger partial charge on any atom is -0.312 e. The molecule has 0 amide bonds. The van der Waals surface area contributed by atoms with Gasteiger partial charge in [-0.25, -0.2) is 13.1 Å². The molecule has 0 aromatic carbocycles. The van der Waals surface area contributed by atoms with E-state index in [-0.39, 0.29) is 0 Å². The minimum absolute atomic E-state index is 0.428. The van der Waals surface area contributed by atoms with E-state index in [4.69, 9.17) is 0 Å². The molecule has 5 heteroatoms. The first-order valence-corrected chi connectivity index (χ1v) is 9.83. The maximum absolute atomic E-state index is 11.3. The van der Waals surface area contributed by atoms with Gasteiger partial charge in [0, 0.05) is 18.1 Å². The topological polar surface area (TPSA) is 58.2 Å². The maximum Gasteiger partial charge on any atom is 0.209 e. The van der Waals surface area contributed by atoms with E-state index in [1.54, 1.807) is 0 Å². The van der Waals surface area contributed by atoms with Crippen molar-refractivity contribution in [1.29, 1.82) is 0 Å². The van der Waals surface area contributed by atoms with E-state index >= 15 is 0 Å². The molecule has 120 valence electrons. The highest BCUT2D eigenvalue weighted by molar-refractivity contribution is 7.88. The van der Waals surface area contributed by atoms with Crippen molar-refractivity contribution in [2.75, 3.05) is 12.8 Å². The molecule has 2 atom stereocenters. The van der Waals surface area contributed by atoms with Gasteiger partial charge in [-0.15, -0.1) is 0 Å². The van der Waals surface area contributed by atoms with Gasteiger partial charge in [-0.2, -0.15) is 0 Å². The third-order valence-corrected chi connectivity index (χ3v) is 5.00. The van der Waals surface area contributed by atoms with Gasteiger partial charge in [0.25, 0.3) is 0 Å². The van der Waals surface area contributed by atoms with Gasteiger partial charge in [0.2, 0.25) is 10.0 Å². The summed E-state index contributed by atoms with van der Waals surface area (Å²) in [5, 5.41) is 3.56. The quantitative estimate of drug-likeness (QED) is 0.711. The van der Waals surface area contributed by atoms with Gasteiger partial charge in [0.1, 0.15) is 0 Å². The number of hydrogen-bond acceptors (Lipinski definition) is 3. The van der Waals surface area contributed by atoms with E-state index in [9.17, 15) is 8.42 Å². The van der Waals surface area contributed by atoms with Crippen LogP contribution < -0.4 is 10.0 Å². The lowest BCUT2D eigenvalue weighted by Gasteiger charge is -2.28. The summed E-state index contributed by atoms with van der Waals surface area (Å²) < 4.78 is 25.3. The summed E-state index contributed by atoms with van der Waals surface area (Å²) in [6.45, 7) is 6.80. The zero-order valence-corrected chi connectivity index (χ0v) is 14.4. The molecule has 0 aromatic heterocycles. The van der Waals surface area contributed by atoms with E-state index in [0.29, 0.717) is 12.6 Å². The molecule has 0 heterocycles. The summed E-state index contributed by atoms with van der Waals surface area (Å²) in [4.78, 5) is 0. The van der Waals surface area contributed by atoms with Gasteiger partial charge in [0.15, 0.2) is 0 Å². The van der Waals surface area contributed by atoms with Crippen molar-refractivity contribution in [3.8, 4) is 0 Å². The van der Waals surface area contributed by atoms with E-state index in [2.05, 4.69) is 17.0 Å². The monoisotopic (exact) mass is 304 g/mol. The normalized spacial score (nSPS) is 25.4. The minimum atomic E-state index is -3.15. The van der Waals surface area contributed by atoms with Gasteiger partial charge >= 0.3 is 0 Å². The summed E-state index contributed by atoms with van der Waals surface area (Å²) >= 11 is 0. The number of nitrogens with one attached hydrogen (secondary N) is 2. The predicted molar refractivity (Wildman–Crippen MR) is 85.3 cm³/mol. The van der Waals surface area contributed by atoms with E-state index in [0.717, 1.165) is 5.92 Å². The Morgan fingerprint density at radius 2 is 1.85 bits per heavy atom.